The summed E-state index contributed by atoms with van der Waals surface area (Å²) < 4.78 is 13.3. The van der Waals surface area contributed by atoms with Gasteiger partial charge in [0, 0.05) is 35.9 Å². The van der Waals surface area contributed by atoms with E-state index in [4.69, 9.17) is 9.26 Å². The Morgan fingerprint density at radius 3 is 2.56 bits per heavy atom. The molecule has 36 heavy (non-hydrogen) atoms. The highest BCUT2D eigenvalue weighted by Crippen LogP contribution is 2.24. The van der Waals surface area contributed by atoms with Crippen LogP contribution in [0.2, 0.25) is 0 Å². The van der Waals surface area contributed by atoms with Crippen LogP contribution in [-0.2, 0) is 6.61 Å². The molecule has 5 rings (SSSR count). The van der Waals surface area contributed by atoms with Gasteiger partial charge in [-0.25, -0.2) is 4.98 Å². The lowest BCUT2D eigenvalue weighted by Gasteiger charge is -2.18. The zero-order valence-corrected chi connectivity index (χ0v) is 20.3. The van der Waals surface area contributed by atoms with E-state index in [0.717, 1.165) is 22.5 Å². The van der Waals surface area contributed by atoms with Crippen LogP contribution in [-0.4, -0.2) is 30.4 Å². The standard InChI is InChI=1S/C27H26N6O3/c1-17(2)24(27-31-25(32-36-27)19-10-12-28-13-11-19)30-26(34)20-5-7-22(8-6-20)35-16-21-15-33-14-18(3)4-9-23(33)29-21/h4-15,17,24H,16H2,1-3H3,(H,30,34). The number of carbonyl (C=O) groups excluding carboxylic acids is 1. The van der Waals surface area contributed by atoms with Gasteiger partial charge in [-0.2, -0.15) is 4.98 Å². The van der Waals surface area contributed by atoms with Crippen LogP contribution >= 0.6 is 0 Å². The molecule has 0 saturated carbocycles. The van der Waals surface area contributed by atoms with Gasteiger partial charge in [-0.1, -0.05) is 25.1 Å². The van der Waals surface area contributed by atoms with Crippen molar-refractivity contribution >= 4 is 11.6 Å². The summed E-state index contributed by atoms with van der Waals surface area (Å²) in [6.07, 6.45) is 7.31. The van der Waals surface area contributed by atoms with Gasteiger partial charge in [-0.05, 0) is 60.9 Å². The van der Waals surface area contributed by atoms with Crippen LogP contribution in [0.1, 0.15) is 47.4 Å². The van der Waals surface area contributed by atoms with Gasteiger partial charge >= 0.3 is 0 Å². The smallest absolute Gasteiger partial charge is 0.251 e. The Hall–Kier alpha value is -4.53. The Morgan fingerprint density at radius 1 is 1.03 bits per heavy atom. The summed E-state index contributed by atoms with van der Waals surface area (Å²) in [6.45, 7) is 6.34. The highest BCUT2D eigenvalue weighted by atomic mass is 16.5. The summed E-state index contributed by atoms with van der Waals surface area (Å²) >= 11 is 0. The molecule has 1 atom stereocenters. The highest BCUT2D eigenvalue weighted by Gasteiger charge is 2.25. The number of benzene rings is 1. The molecule has 4 heterocycles. The highest BCUT2D eigenvalue weighted by molar-refractivity contribution is 5.94. The number of amides is 1. The van der Waals surface area contributed by atoms with Crippen molar-refractivity contribution in [2.24, 2.45) is 5.92 Å². The summed E-state index contributed by atoms with van der Waals surface area (Å²) in [6, 6.07) is 14.2. The van der Waals surface area contributed by atoms with E-state index in [9.17, 15) is 4.79 Å². The minimum Gasteiger partial charge on any atom is -0.487 e. The van der Waals surface area contributed by atoms with Gasteiger partial charge in [0.05, 0.1) is 5.69 Å². The number of hydrogen-bond acceptors (Lipinski definition) is 7. The molecule has 0 aliphatic carbocycles. The van der Waals surface area contributed by atoms with Crippen molar-refractivity contribution in [1.29, 1.82) is 0 Å². The van der Waals surface area contributed by atoms with Crippen molar-refractivity contribution in [3.63, 3.8) is 0 Å². The van der Waals surface area contributed by atoms with Crippen molar-refractivity contribution in [2.45, 2.75) is 33.4 Å². The third kappa shape index (κ3) is 5.10. The van der Waals surface area contributed by atoms with Crippen molar-refractivity contribution in [3.8, 4) is 17.1 Å². The van der Waals surface area contributed by atoms with E-state index in [0.29, 0.717) is 29.6 Å². The number of pyridine rings is 2. The average Bonchev–Trinajstić information content (AvgIpc) is 3.53. The van der Waals surface area contributed by atoms with Gasteiger partial charge in [0.25, 0.3) is 5.91 Å². The van der Waals surface area contributed by atoms with Crippen LogP contribution in [0.3, 0.4) is 0 Å². The Kier molecular flexibility index (Phi) is 6.44. The second kappa shape index (κ2) is 9.99. The molecular formula is C27H26N6O3. The number of nitrogens with zero attached hydrogens (tertiary/aromatic N) is 5. The van der Waals surface area contributed by atoms with E-state index in [-0.39, 0.29) is 11.8 Å². The molecule has 0 aliphatic rings. The van der Waals surface area contributed by atoms with Crippen LogP contribution in [0.15, 0.2) is 77.8 Å². The molecule has 1 amide bonds. The van der Waals surface area contributed by atoms with Crippen molar-refractivity contribution in [2.75, 3.05) is 0 Å². The van der Waals surface area contributed by atoms with Crippen molar-refractivity contribution < 1.29 is 14.1 Å². The number of carbonyl (C=O) groups is 1. The monoisotopic (exact) mass is 482 g/mol. The molecule has 4 aromatic heterocycles. The van der Waals surface area contributed by atoms with E-state index in [2.05, 4.69) is 25.4 Å². The molecule has 0 fully saturated rings. The number of fused-ring (bicyclic) bond motifs is 1. The Labute approximate surface area is 208 Å². The normalized spacial score (nSPS) is 12.1. The zero-order chi connectivity index (χ0) is 25.1. The van der Waals surface area contributed by atoms with Crippen LogP contribution in [0.4, 0.5) is 0 Å². The average molecular weight is 483 g/mol. The summed E-state index contributed by atoms with van der Waals surface area (Å²) in [5.74, 6) is 1.26. The fourth-order valence-corrected chi connectivity index (χ4v) is 3.80. The Morgan fingerprint density at radius 2 is 1.81 bits per heavy atom. The number of aromatic nitrogens is 5. The van der Waals surface area contributed by atoms with Gasteiger partial charge < -0.3 is 19.0 Å². The first-order valence-electron chi connectivity index (χ1n) is 11.7. The molecule has 0 saturated heterocycles. The maximum Gasteiger partial charge on any atom is 0.251 e. The maximum atomic E-state index is 13.0. The first-order valence-corrected chi connectivity index (χ1v) is 11.7. The minimum atomic E-state index is -0.435. The maximum absolute atomic E-state index is 13.0. The first-order chi connectivity index (χ1) is 17.5. The minimum absolute atomic E-state index is 0.0384. The fourth-order valence-electron chi connectivity index (χ4n) is 3.80. The molecular weight excluding hydrogens is 456 g/mol. The third-order valence-electron chi connectivity index (χ3n) is 5.75. The van der Waals surface area contributed by atoms with E-state index in [1.165, 1.54) is 0 Å². The molecule has 0 aliphatic heterocycles. The SMILES string of the molecule is Cc1ccc2nc(COc3ccc(C(=O)NC(c4nc(-c5ccncc5)no4)C(C)C)cc3)cn2c1. The Balaban J connectivity index is 1.23. The topological polar surface area (TPSA) is 107 Å². The lowest BCUT2D eigenvalue weighted by atomic mass is 10.0. The van der Waals surface area contributed by atoms with Gasteiger partial charge in [0.2, 0.25) is 11.7 Å². The van der Waals surface area contributed by atoms with Crippen LogP contribution in [0, 0.1) is 12.8 Å². The van der Waals surface area contributed by atoms with Crippen LogP contribution < -0.4 is 10.1 Å². The second-order valence-electron chi connectivity index (χ2n) is 8.90. The van der Waals surface area contributed by atoms with Gasteiger partial charge in [0.1, 0.15) is 24.0 Å². The Bertz CT molecular complexity index is 1470. The summed E-state index contributed by atoms with van der Waals surface area (Å²) in [5, 5.41) is 7.07. The summed E-state index contributed by atoms with van der Waals surface area (Å²) in [4.78, 5) is 26.0. The number of hydrogen-bond donors (Lipinski definition) is 1. The van der Waals surface area contributed by atoms with E-state index in [1.807, 2.05) is 49.7 Å². The molecule has 0 spiro atoms. The predicted octanol–water partition coefficient (Wildman–Crippen LogP) is 4.79. The number of ether oxygens (including phenoxy) is 1. The molecule has 1 aromatic carbocycles. The largest absolute Gasteiger partial charge is 0.487 e. The van der Waals surface area contributed by atoms with Crippen molar-refractivity contribution in [3.05, 3.63) is 96.0 Å². The third-order valence-corrected chi connectivity index (χ3v) is 5.75. The van der Waals surface area contributed by atoms with Crippen molar-refractivity contribution in [1.82, 2.24) is 29.8 Å². The number of imidazole rings is 1. The van der Waals surface area contributed by atoms with Gasteiger partial charge in [-0.15, -0.1) is 0 Å². The first kappa shape index (κ1) is 23.2. The molecule has 1 unspecified atom stereocenters. The molecule has 9 heteroatoms. The zero-order valence-electron chi connectivity index (χ0n) is 20.3. The molecule has 5 aromatic rings. The molecule has 1 N–H and O–H groups in total. The lowest BCUT2D eigenvalue weighted by Crippen LogP contribution is -2.32. The number of aryl methyl sites for hydroxylation is 1. The number of nitrogens with one attached hydrogen (secondary N) is 1. The lowest BCUT2D eigenvalue weighted by molar-refractivity contribution is 0.0914. The van der Waals surface area contributed by atoms with Gasteiger partial charge in [-0.3, -0.25) is 9.78 Å². The molecule has 182 valence electrons. The van der Waals surface area contributed by atoms with Crippen LogP contribution in [0.5, 0.6) is 5.75 Å². The van der Waals surface area contributed by atoms with E-state index >= 15 is 0 Å². The predicted molar refractivity (Wildman–Crippen MR) is 133 cm³/mol. The van der Waals surface area contributed by atoms with E-state index in [1.54, 1.807) is 48.8 Å². The van der Waals surface area contributed by atoms with Crippen LogP contribution in [0.25, 0.3) is 17.0 Å². The summed E-state index contributed by atoms with van der Waals surface area (Å²) in [5.41, 5.74) is 4.16. The number of rotatable bonds is 8. The molecule has 9 nitrogen and oxygen atoms in total. The second-order valence-corrected chi connectivity index (χ2v) is 8.90. The quantitative estimate of drug-likeness (QED) is 0.339. The fraction of sp³-hybridized carbons (Fsp3) is 0.222. The van der Waals surface area contributed by atoms with E-state index < -0.39 is 6.04 Å². The van der Waals surface area contributed by atoms with Gasteiger partial charge in [0.15, 0.2) is 0 Å². The summed E-state index contributed by atoms with van der Waals surface area (Å²) in [7, 11) is 0. The molecule has 0 bridgehead atoms. The molecule has 0 radical (unpaired) electrons.